The Bertz CT molecular complexity index is 3100. The third-order valence-corrected chi connectivity index (χ3v) is 14.7. The van der Waals surface area contributed by atoms with Crippen molar-refractivity contribution in [3.05, 3.63) is 131 Å². The zero-order valence-corrected chi connectivity index (χ0v) is 49.2. The predicted molar refractivity (Wildman–Crippen MR) is 316 cm³/mol. The molecule has 84 heavy (non-hydrogen) atoms. The first kappa shape index (κ1) is 66.0. The van der Waals surface area contributed by atoms with Crippen LogP contribution >= 0.6 is 0 Å². The van der Waals surface area contributed by atoms with Crippen LogP contribution < -0.4 is 47.3 Å². The maximum absolute atomic E-state index is 14.2. The summed E-state index contributed by atoms with van der Waals surface area (Å²) in [6.45, 7) is 13.6. The number of hydrogen-bond acceptors (Lipinski definition) is 14. The predicted octanol–water partition coefficient (Wildman–Crippen LogP) is 6.12. The number of carboxylic acids is 2. The van der Waals surface area contributed by atoms with Gasteiger partial charge in [0.05, 0.1) is 31.2 Å². The van der Waals surface area contributed by atoms with Crippen molar-refractivity contribution in [3.63, 3.8) is 0 Å². The Morgan fingerprint density at radius 2 is 1.44 bits per heavy atom. The highest BCUT2D eigenvalue weighted by Gasteiger charge is 2.42. The molecule has 4 unspecified atom stereocenters. The summed E-state index contributed by atoms with van der Waals surface area (Å²) >= 11 is 0. The van der Waals surface area contributed by atoms with Crippen LogP contribution in [-0.4, -0.2) is 120 Å². The number of carbonyl (C=O) groups is 9. The number of anilines is 3. The van der Waals surface area contributed by atoms with E-state index in [1.54, 1.807) is 56.6 Å². The van der Waals surface area contributed by atoms with Gasteiger partial charge in [-0.15, -0.1) is 0 Å². The van der Waals surface area contributed by atoms with E-state index in [-0.39, 0.29) is 54.6 Å². The first-order chi connectivity index (χ1) is 39.6. The first-order valence-electron chi connectivity index (χ1n) is 27.5. The molecule has 4 aromatic rings. The summed E-state index contributed by atoms with van der Waals surface area (Å²) in [5.74, 6) is -6.09. The molecule has 11 N–H and O–H groups in total. The quantitative estimate of drug-likeness (QED) is 0.0250. The maximum Gasteiger partial charge on any atom is 0.331 e. The number of likely N-dealkylation sites (N-methyl/N-ethyl adjacent to an activating group) is 2. The number of carboxylic acid groups (broad SMARTS) is 2. The highest BCUT2D eigenvalue weighted by atomic mass is 16.5. The second-order valence-corrected chi connectivity index (χ2v) is 22.7. The van der Waals surface area contributed by atoms with E-state index in [2.05, 4.69) is 37.0 Å². The number of carbonyl (C=O) groups excluding carboxylic acids is 7. The second kappa shape index (κ2) is 29.4. The molecule has 6 atom stereocenters. The fraction of sp³-hybridized carbons (Fsp3) is 0.426. The SMILES string of the molecule is CN[C@H](C(=O)NC(C(=O)N(C)C(/C=C(\C)C(=O)O)C(C)C)C(C)(C)C)C(C)(C)c1cccc(NC(=O)COc2ccc(NC(=O)[C@H](CCC(=O)O)NC(=O)CNC(=O)CCC(=O)N3Cc4ccccc4C(N)C(N=N)c4ccccc43)cc2)c1. The molecule has 1 aliphatic rings. The summed E-state index contributed by atoms with van der Waals surface area (Å²) < 4.78 is 5.72. The average Bonchev–Trinajstić information content (AvgIpc) is 1.71. The number of amides is 7. The highest BCUT2D eigenvalue weighted by Crippen LogP contribution is 2.41. The van der Waals surface area contributed by atoms with Crippen molar-refractivity contribution in [3.8, 4) is 5.75 Å². The van der Waals surface area contributed by atoms with Gasteiger partial charge in [0, 0.05) is 59.9 Å². The van der Waals surface area contributed by atoms with E-state index in [1.807, 2.05) is 78.8 Å². The van der Waals surface area contributed by atoms with Crippen LogP contribution in [0.1, 0.15) is 115 Å². The van der Waals surface area contributed by atoms with Gasteiger partial charge in [-0.1, -0.05) is 109 Å². The normalized spacial score (nSPS) is 15.7. The van der Waals surface area contributed by atoms with Gasteiger partial charge in [-0.3, -0.25) is 38.4 Å². The molecule has 0 bridgehead atoms. The molecule has 7 amide bonds. The Kier molecular flexibility index (Phi) is 23.1. The molecule has 4 aromatic carbocycles. The molecule has 0 spiro atoms. The van der Waals surface area contributed by atoms with Crippen LogP contribution in [0.25, 0.3) is 0 Å². The molecule has 23 heteroatoms. The number of fused-ring (bicyclic) bond motifs is 2. The van der Waals surface area contributed by atoms with Crippen molar-refractivity contribution in [1.82, 2.24) is 26.2 Å². The standard InChI is InChI=1S/C61H79N11O12/c1-35(2)46(30-36(3)59(82)83)71(10)58(81)55(60(4,5)6)69-57(80)54(64-9)61(7,8)38-17-15-18-40(31-38)66-49(75)34-84-41-24-22-39(23-25-41)67-56(79)44(26-29-51(77)78)68-48(74)32-65-47(73)27-28-50(76)72-33-37-16-11-12-19-42(37)52(62)53(70-63)43-20-13-14-21-45(43)72/h11-25,30-31,35,44,46,52-55,63-64H,26-29,32-34,62H2,1-10H3,(H,65,73)(H,66,75)(H,67,79)(H,68,74)(H,69,80)(H,77,78)(H,82,83)/b36-30+,70-63?/t44-,46?,52?,53?,54+,55?/m0/s1. The van der Waals surface area contributed by atoms with E-state index >= 15 is 0 Å². The lowest BCUT2D eigenvalue weighted by molar-refractivity contribution is -0.141. The number of aliphatic carboxylic acids is 2. The van der Waals surface area contributed by atoms with Gasteiger partial charge in [-0.25, -0.2) is 10.3 Å². The molecule has 0 aliphatic carbocycles. The zero-order chi connectivity index (χ0) is 62.2. The number of nitrogens with two attached hydrogens (primary N) is 1. The lowest BCUT2D eigenvalue weighted by Crippen LogP contribution is -2.61. The summed E-state index contributed by atoms with van der Waals surface area (Å²) in [6.07, 6.45) is 0.258. The number of para-hydroxylation sites is 1. The number of nitrogens with zero attached hydrogens (tertiary/aromatic N) is 3. The van der Waals surface area contributed by atoms with E-state index in [1.165, 1.54) is 47.1 Å². The number of benzene rings is 4. The van der Waals surface area contributed by atoms with Crippen LogP contribution in [0.5, 0.6) is 5.75 Å². The molecule has 0 aromatic heterocycles. The monoisotopic (exact) mass is 1160 g/mol. The molecule has 23 nitrogen and oxygen atoms in total. The summed E-state index contributed by atoms with van der Waals surface area (Å²) in [4.78, 5) is 121. The molecule has 0 radical (unpaired) electrons. The third-order valence-electron chi connectivity index (χ3n) is 14.7. The van der Waals surface area contributed by atoms with Crippen molar-refractivity contribution < 1.29 is 58.1 Å². The van der Waals surface area contributed by atoms with Gasteiger partial charge in [0.25, 0.3) is 5.91 Å². The van der Waals surface area contributed by atoms with Gasteiger partial charge < -0.3 is 62.4 Å². The van der Waals surface area contributed by atoms with Gasteiger partial charge in [0.2, 0.25) is 35.4 Å². The fourth-order valence-corrected chi connectivity index (χ4v) is 9.88. The van der Waals surface area contributed by atoms with Crippen molar-refractivity contribution >= 4 is 70.4 Å². The molecule has 0 saturated carbocycles. The molecule has 0 saturated heterocycles. The molecule has 1 heterocycles. The van der Waals surface area contributed by atoms with Crippen LogP contribution in [0.4, 0.5) is 17.1 Å². The van der Waals surface area contributed by atoms with Gasteiger partial charge in [-0.2, -0.15) is 5.11 Å². The first-order valence-corrected chi connectivity index (χ1v) is 27.5. The number of nitrogens with one attached hydrogen (secondary N) is 7. The van der Waals surface area contributed by atoms with E-state index < -0.39 is 114 Å². The Labute approximate surface area is 489 Å². The Morgan fingerprint density at radius 3 is 2.06 bits per heavy atom. The minimum Gasteiger partial charge on any atom is -0.484 e. The summed E-state index contributed by atoms with van der Waals surface area (Å²) in [5.41, 5.74) is 16.9. The van der Waals surface area contributed by atoms with Gasteiger partial charge in [0.1, 0.15) is 23.9 Å². The lowest BCUT2D eigenvalue weighted by atomic mass is 9.76. The summed E-state index contributed by atoms with van der Waals surface area (Å²) in [5, 5.41) is 39.2. The zero-order valence-electron chi connectivity index (χ0n) is 49.2. The molecule has 1 aliphatic heterocycles. The van der Waals surface area contributed by atoms with Gasteiger partial charge in [-0.05, 0) is 90.9 Å². The molecule has 450 valence electrons. The molecular formula is C61H79N11O12. The van der Waals surface area contributed by atoms with Crippen LogP contribution in [0.3, 0.4) is 0 Å². The van der Waals surface area contributed by atoms with Gasteiger partial charge >= 0.3 is 11.9 Å². The van der Waals surface area contributed by atoms with Crippen LogP contribution in [0, 0.1) is 16.9 Å². The van der Waals surface area contributed by atoms with Crippen LogP contribution in [0.15, 0.2) is 114 Å². The van der Waals surface area contributed by atoms with E-state index in [0.29, 0.717) is 22.5 Å². The maximum atomic E-state index is 14.2. The highest BCUT2D eigenvalue weighted by molar-refractivity contribution is 5.99. The summed E-state index contributed by atoms with van der Waals surface area (Å²) in [6, 6.07) is 22.1. The van der Waals surface area contributed by atoms with Crippen molar-refractivity contribution in [1.29, 1.82) is 5.53 Å². The van der Waals surface area contributed by atoms with E-state index in [9.17, 15) is 53.4 Å². The fourth-order valence-electron chi connectivity index (χ4n) is 9.88. The molecule has 5 rings (SSSR count). The largest absolute Gasteiger partial charge is 0.484 e. The van der Waals surface area contributed by atoms with Crippen LogP contribution in [0.2, 0.25) is 0 Å². The Hall–Kier alpha value is -8.83. The topological polar surface area (TPSA) is 344 Å². The van der Waals surface area contributed by atoms with E-state index in [0.717, 1.165) is 11.1 Å². The van der Waals surface area contributed by atoms with E-state index in [4.69, 9.17) is 16.0 Å². The average molecular weight is 1160 g/mol. The summed E-state index contributed by atoms with van der Waals surface area (Å²) in [7, 11) is 3.23. The lowest BCUT2D eigenvalue weighted by Gasteiger charge is -2.40. The number of ether oxygens (including phenoxy) is 1. The third kappa shape index (κ3) is 17.6. The number of rotatable bonds is 26. The van der Waals surface area contributed by atoms with Crippen LogP contribution in [-0.2, 0) is 55.1 Å². The van der Waals surface area contributed by atoms with Crippen molar-refractivity contribution in [2.75, 3.05) is 42.8 Å². The Morgan fingerprint density at radius 1 is 0.786 bits per heavy atom. The minimum atomic E-state index is -1.33. The smallest absolute Gasteiger partial charge is 0.331 e. The van der Waals surface area contributed by atoms with Crippen molar-refractivity contribution in [2.45, 2.75) is 129 Å². The Balaban J connectivity index is 1.13. The molecular weight excluding hydrogens is 1080 g/mol. The molecule has 0 fully saturated rings. The van der Waals surface area contributed by atoms with Gasteiger partial charge in [0.15, 0.2) is 6.61 Å². The minimum absolute atomic E-state index is 0.0945. The second-order valence-electron chi connectivity index (χ2n) is 22.7. The number of hydrogen-bond donors (Lipinski definition) is 10. The van der Waals surface area contributed by atoms with Crippen molar-refractivity contribution in [2.24, 2.45) is 22.2 Å².